The van der Waals surface area contributed by atoms with Crippen molar-refractivity contribution in [1.82, 2.24) is 9.97 Å². The van der Waals surface area contributed by atoms with Gasteiger partial charge in [-0.05, 0) is 57.2 Å². The topological polar surface area (TPSA) is 201 Å². The van der Waals surface area contributed by atoms with E-state index in [1.165, 1.54) is 30.6 Å². The van der Waals surface area contributed by atoms with Gasteiger partial charge in [0, 0.05) is 38.6 Å². The maximum atomic E-state index is 12.1. The second kappa shape index (κ2) is 20.4. The van der Waals surface area contributed by atoms with Crippen LogP contribution in [0.5, 0.6) is 23.0 Å². The molecule has 49 heavy (non-hydrogen) atoms. The molecule has 4 aromatic rings. The van der Waals surface area contributed by atoms with E-state index in [-0.39, 0.29) is 59.1 Å². The lowest BCUT2D eigenvalue weighted by Crippen LogP contribution is -2.24. The van der Waals surface area contributed by atoms with Crippen LogP contribution in [0, 0.1) is 20.2 Å². The van der Waals surface area contributed by atoms with Gasteiger partial charge in [-0.15, -0.1) is 0 Å². The highest BCUT2D eigenvalue weighted by molar-refractivity contribution is 5.87. The van der Waals surface area contributed by atoms with Crippen molar-refractivity contribution in [1.29, 1.82) is 0 Å². The monoisotopic (exact) mass is 684 g/mol. The standard InChI is InChI=1S/C17H19N3O5.C13H13N3O4.4CH4/c1-17(2,3)25-16(21)14-9-12(7-8-19-14)24-11-5-6-13(18-4)15(10-11)20(22)23;1-14-12-3-2-10(7-13(12)16(18)19)20-11-4-5-15-9(6-11)8-17;;;;/h5-10,18H,1-4H3;2-7,14,17H,8H2,1H3;4*1H4. The average molecular weight is 685 g/mol. The summed E-state index contributed by atoms with van der Waals surface area (Å²) in [6.45, 7) is 5.07. The Kier molecular flexibility index (Phi) is 18.9. The molecule has 0 amide bonds. The number of esters is 1. The Bertz CT molecular complexity index is 1680. The number of carbonyl (C=O) groups excluding carboxylic acids is 1. The minimum atomic E-state index is -0.640. The molecule has 0 aliphatic heterocycles. The Hall–Kier alpha value is -5.83. The van der Waals surface area contributed by atoms with Crippen LogP contribution in [0.25, 0.3) is 0 Å². The fraction of sp³-hybridized carbons (Fsp3) is 0.324. The zero-order chi connectivity index (χ0) is 33.1. The lowest BCUT2D eigenvalue weighted by Gasteiger charge is -2.19. The van der Waals surface area contributed by atoms with Crippen molar-refractivity contribution in [3.8, 4) is 23.0 Å². The maximum Gasteiger partial charge on any atom is 0.357 e. The summed E-state index contributed by atoms with van der Waals surface area (Å²) in [6, 6.07) is 15.1. The van der Waals surface area contributed by atoms with Crippen LogP contribution in [0.2, 0.25) is 0 Å². The highest BCUT2D eigenvalue weighted by Crippen LogP contribution is 2.32. The molecule has 0 spiro atoms. The van der Waals surface area contributed by atoms with Crippen LogP contribution < -0.4 is 20.1 Å². The van der Waals surface area contributed by atoms with E-state index < -0.39 is 21.4 Å². The number of aliphatic hydroxyl groups excluding tert-OH is 1. The number of nitrogens with zero attached hydrogens (tertiary/aromatic N) is 4. The lowest BCUT2D eigenvalue weighted by molar-refractivity contribution is -0.384. The summed E-state index contributed by atoms with van der Waals surface area (Å²) in [5.41, 5.74) is 0.522. The molecule has 0 saturated heterocycles. The number of nitrogens with one attached hydrogen (secondary N) is 2. The zero-order valence-electron chi connectivity index (χ0n) is 25.1. The molecule has 0 bridgehead atoms. The molecule has 15 nitrogen and oxygen atoms in total. The lowest BCUT2D eigenvalue weighted by atomic mass is 10.2. The summed E-state index contributed by atoms with van der Waals surface area (Å²) in [4.78, 5) is 41.0. The van der Waals surface area contributed by atoms with Crippen LogP contribution in [-0.4, -0.2) is 50.6 Å². The van der Waals surface area contributed by atoms with Gasteiger partial charge in [-0.25, -0.2) is 9.78 Å². The van der Waals surface area contributed by atoms with E-state index in [0.717, 1.165) is 0 Å². The Labute approximate surface area is 287 Å². The van der Waals surface area contributed by atoms with E-state index >= 15 is 0 Å². The molecular weight excluding hydrogens is 636 g/mol. The van der Waals surface area contributed by atoms with Crippen molar-refractivity contribution in [3.05, 3.63) is 105 Å². The van der Waals surface area contributed by atoms with Gasteiger partial charge in [0.15, 0.2) is 5.69 Å². The Morgan fingerprint density at radius 2 is 1.16 bits per heavy atom. The Morgan fingerprint density at radius 3 is 1.57 bits per heavy atom. The van der Waals surface area contributed by atoms with Crippen molar-refractivity contribution < 1.29 is 34.0 Å². The third kappa shape index (κ3) is 13.4. The van der Waals surface area contributed by atoms with Gasteiger partial charge < -0.3 is 30.0 Å². The van der Waals surface area contributed by atoms with E-state index in [1.807, 2.05) is 0 Å². The van der Waals surface area contributed by atoms with E-state index in [0.29, 0.717) is 34.3 Å². The Morgan fingerprint density at radius 1 is 0.735 bits per heavy atom. The first-order chi connectivity index (χ1) is 21.3. The van der Waals surface area contributed by atoms with Crippen LogP contribution in [0.3, 0.4) is 0 Å². The molecule has 4 rings (SSSR count). The summed E-state index contributed by atoms with van der Waals surface area (Å²) in [5, 5.41) is 36.5. The molecule has 268 valence electrons. The molecule has 0 fully saturated rings. The SMILES string of the molecule is C.C.C.C.CNc1ccc(Oc2ccnc(C(=O)OC(C)(C)C)c2)cc1[N+](=O)[O-].CNc1ccc(Oc2ccnc(CO)c2)cc1[N+](=O)[O-]. The van der Waals surface area contributed by atoms with Crippen molar-refractivity contribution in [3.63, 3.8) is 0 Å². The normalized spacial score (nSPS) is 9.67. The summed E-state index contributed by atoms with van der Waals surface area (Å²) < 4.78 is 16.4. The zero-order valence-corrected chi connectivity index (χ0v) is 25.1. The number of rotatable bonds is 10. The van der Waals surface area contributed by atoms with Crippen molar-refractivity contribution in [2.24, 2.45) is 0 Å². The number of hydrogen-bond acceptors (Lipinski definition) is 13. The van der Waals surface area contributed by atoms with Crippen LogP contribution in [0.4, 0.5) is 22.7 Å². The molecule has 2 aromatic heterocycles. The fourth-order valence-electron chi connectivity index (χ4n) is 3.67. The molecule has 0 radical (unpaired) electrons. The van der Waals surface area contributed by atoms with E-state index in [2.05, 4.69) is 20.6 Å². The maximum absolute atomic E-state index is 12.1. The molecule has 15 heteroatoms. The third-order valence-electron chi connectivity index (χ3n) is 5.63. The molecule has 2 heterocycles. The van der Waals surface area contributed by atoms with Crippen LogP contribution >= 0.6 is 0 Å². The summed E-state index contributed by atoms with van der Waals surface area (Å²) in [6.07, 6.45) is 2.90. The number of nitro groups is 2. The number of benzene rings is 2. The second-order valence-corrected chi connectivity index (χ2v) is 10.1. The van der Waals surface area contributed by atoms with Crippen molar-refractivity contribution in [2.75, 3.05) is 24.7 Å². The van der Waals surface area contributed by atoms with Gasteiger partial charge >= 0.3 is 5.97 Å². The predicted octanol–water partition coefficient (Wildman–Crippen LogP) is 8.64. The number of aromatic nitrogens is 2. The van der Waals surface area contributed by atoms with Crippen molar-refractivity contribution in [2.45, 2.75) is 62.7 Å². The second-order valence-electron chi connectivity index (χ2n) is 10.1. The van der Waals surface area contributed by atoms with Crippen molar-refractivity contribution >= 4 is 28.7 Å². The minimum absolute atomic E-state index is 0. The molecule has 0 aliphatic rings. The van der Waals surface area contributed by atoms with E-state index in [9.17, 15) is 25.0 Å². The summed E-state index contributed by atoms with van der Waals surface area (Å²) >= 11 is 0. The quantitative estimate of drug-likeness (QED) is 0.0814. The number of hydrogen-bond donors (Lipinski definition) is 3. The summed E-state index contributed by atoms with van der Waals surface area (Å²) in [5.74, 6) is 0.810. The average Bonchev–Trinajstić information content (AvgIpc) is 3.00. The smallest absolute Gasteiger partial charge is 0.357 e. The van der Waals surface area contributed by atoms with E-state index in [1.54, 1.807) is 77.3 Å². The van der Waals surface area contributed by atoms with Gasteiger partial charge in [0.1, 0.15) is 40.0 Å². The minimum Gasteiger partial charge on any atom is -0.457 e. The largest absolute Gasteiger partial charge is 0.457 e. The number of anilines is 2. The van der Waals surface area contributed by atoms with Crippen LogP contribution in [0.1, 0.15) is 66.7 Å². The van der Waals surface area contributed by atoms with Gasteiger partial charge in [0.25, 0.3) is 11.4 Å². The van der Waals surface area contributed by atoms with E-state index in [4.69, 9.17) is 19.3 Å². The summed E-state index contributed by atoms with van der Waals surface area (Å²) in [7, 11) is 3.21. The number of carbonyl (C=O) groups is 1. The number of aliphatic hydroxyl groups is 1. The molecule has 0 atom stereocenters. The first kappa shape index (κ1) is 45.3. The third-order valence-corrected chi connectivity index (χ3v) is 5.63. The van der Waals surface area contributed by atoms with Gasteiger partial charge in [-0.3, -0.25) is 25.2 Å². The first-order valence-corrected chi connectivity index (χ1v) is 13.4. The fourth-order valence-corrected chi connectivity index (χ4v) is 3.67. The van der Waals surface area contributed by atoms with Gasteiger partial charge in [-0.2, -0.15) is 0 Å². The molecule has 0 unspecified atom stereocenters. The van der Waals surface area contributed by atoms with Crippen LogP contribution in [-0.2, 0) is 11.3 Å². The van der Waals surface area contributed by atoms with Gasteiger partial charge in [-0.1, -0.05) is 29.7 Å². The predicted molar refractivity (Wildman–Crippen MR) is 192 cm³/mol. The first-order valence-electron chi connectivity index (χ1n) is 13.4. The molecule has 0 saturated carbocycles. The number of ether oxygens (including phenoxy) is 3. The molecular formula is C34H48N6O9. The van der Waals surface area contributed by atoms with Gasteiger partial charge in [0.05, 0.1) is 34.3 Å². The highest BCUT2D eigenvalue weighted by Gasteiger charge is 2.20. The number of pyridine rings is 2. The molecule has 2 aromatic carbocycles. The number of nitro benzene ring substituents is 2. The molecule has 3 N–H and O–H groups in total. The van der Waals surface area contributed by atoms with Gasteiger partial charge in [0.2, 0.25) is 0 Å². The molecule has 0 aliphatic carbocycles. The Balaban J connectivity index is 0. The van der Waals surface area contributed by atoms with Crippen LogP contribution in [0.15, 0.2) is 73.1 Å². The highest BCUT2D eigenvalue weighted by atomic mass is 16.6.